The summed E-state index contributed by atoms with van der Waals surface area (Å²) in [7, 11) is -0.0290. The molecule has 0 amide bonds. The third-order valence-corrected chi connectivity index (χ3v) is 2.28. The first-order chi connectivity index (χ1) is 7.24. The van der Waals surface area contributed by atoms with Crippen molar-refractivity contribution in [3.63, 3.8) is 0 Å². The van der Waals surface area contributed by atoms with Gasteiger partial charge in [-0.25, -0.2) is 0 Å². The summed E-state index contributed by atoms with van der Waals surface area (Å²) in [4.78, 5) is 3.98. The lowest BCUT2D eigenvalue weighted by Crippen LogP contribution is -2.31. The molecule has 0 aliphatic rings. The second kappa shape index (κ2) is 3.88. The topological polar surface area (TPSA) is 62.6 Å². The molecule has 0 aliphatic carbocycles. The number of methoxy groups -OCH3 is 1. The smallest absolute Gasteiger partial charge is 0.492 e. The van der Waals surface area contributed by atoms with Crippen LogP contribution in [0.5, 0.6) is 5.75 Å². The Morgan fingerprint density at radius 3 is 2.73 bits per heavy atom. The maximum atomic E-state index is 9.16. The van der Waals surface area contributed by atoms with E-state index in [9.17, 15) is 0 Å². The maximum Gasteiger partial charge on any atom is 0.492 e. The Labute approximate surface area is 87.3 Å². The van der Waals surface area contributed by atoms with Crippen LogP contribution in [0.25, 0.3) is 10.8 Å². The van der Waals surface area contributed by atoms with Gasteiger partial charge in [0.2, 0.25) is 0 Å². The molecule has 1 aromatic carbocycles. The molecule has 0 aliphatic heterocycles. The molecule has 0 saturated heterocycles. The van der Waals surface area contributed by atoms with Crippen molar-refractivity contribution in [2.24, 2.45) is 0 Å². The molecule has 0 unspecified atom stereocenters. The van der Waals surface area contributed by atoms with Crippen LogP contribution in [0.4, 0.5) is 0 Å². The Hall–Kier alpha value is -1.59. The SMILES string of the molecule is COc1c(B(O)O)ccc2cnccc12. The lowest BCUT2D eigenvalue weighted by atomic mass is 9.78. The van der Waals surface area contributed by atoms with Crippen molar-refractivity contribution in [2.75, 3.05) is 7.11 Å². The summed E-state index contributed by atoms with van der Waals surface area (Å²) in [6.45, 7) is 0. The van der Waals surface area contributed by atoms with E-state index in [-0.39, 0.29) is 0 Å². The molecule has 15 heavy (non-hydrogen) atoms. The van der Waals surface area contributed by atoms with E-state index in [1.165, 1.54) is 7.11 Å². The van der Waals surface area contributed by atoms with E-state index in [4.69, 9.17) is 14.8 Å². The van der Waals surface area contributed by atoms with Gasteiger partial charge in [-0.15, -0.1) is 0 Å². The van der Waals surface area contributed by atoms with E-state index < -0.39 is 7.12 Å². The normalized spacial score (nSPS) is 10.3. The van der Waals surface area contributed by atoms with Gasteiger partial charge in [0.15, 0.2) is 0 Å². The molecule has 2 N–H and O–H groups in total. The molecule has 0 spiro atoms. The zero-order chi connectivity index (χ0) is 10.8. The van der Waals surface area contributed by atoms with Gasteiger partial charge in [-0.2, -0.15) is 0 Å². The summed E-state index contributed by atoms with van der Waals surface area (Å²) in [5.41, 5.74) is 0.358. The number of fused-ring (bicyclic) bond motifs is 1. The average molecular weight is 203 g/mol. The Balaban J connectivity index is 2.75. The van der Waals surface area contributed by atoms with Gasteiger partial charge in [0, 0.05) is 28.6 Å². The Kier molecular flexibility index (Phi) is 2.57. The Bertz CT molecular complexity index is 487. The van der Waals surface area contributed by atoms with Gasteiger partial charge in [0.1, 0.15) is 5.75 Å². The van der Waals surface area contributed by atoms with E-state index in [0.29, 0.717) is 11.2 Å². The molecule has 5 heteroatoms. The predicted octanol–water partition coefficient (Wildman–Crippen LogP) is -0.0768. The van der Waals surface area contributed by atoms with Gasteiger partial charge in [-0.3, -0.25) is 4.98 Å². The molecule has 0 bridgehead atoms. The summed E-state index contributed by atoms with van der Waals surface area (Å²) in [6, 6.07) is 5.17. The number of hydrogen-bond acceptors (Lipinski definition) is 4. The van der Waals surface area contributed by atoms with Crippen molar-refractivity contribution >= 4 is 23.4 Å². The van der Waals surface area contributed by atoms with Crippen LogP contribution in [0, 0.1) is 0 Å². The number of aromatic nitrogens is 1. The molecule has 2 aromatic rings. The monoisotopic (exact) mass is 203 g/mol. The predicted molar refractivity (Wildman–Crippen MR) is 58.1 cm³/mol. The van der Waals surface area contributed by atoms with Crippen LogP contribution < -0.4 is 10.2 Å². The third-order valence-electron chi connectivity index (χ3n) is 2.28. The largest absolute Gasteiger partial charge is 0.496 e. The zero-order valence-electron chi connectivity index (χ0n) is 8.21. The molecule has 76 valence electrons. The van der Waals surface area contributed by atoms with Crippen LogP contribution >= 0.6 is 0 Å². The van der Waals surface area contributed by atoms with Gasteiger partial charge < -0.3 is 14.8 Å². The van der Waals surface area contributed by atoms with Crippen LogP contribution in [0.2, 0.25) is 0 Å². The van der Waals surface area contributed by atoms with Crippen LogP contribution in [-0.2, 0) is 0 Å². The lowest BCUT2D eigenvalue weighted by molar-refractivity contribution is 0.406. The second-order valence-corrected chi connectivity index (χ2v) is 3.16. The standard InChI is InChI=1S/C10H10BNO3/c1-15-10-8-4-5-12-6-7(8)2-3-9(10)11(13)14/h2-6,13-14H,1H3. The summed E-state index contributed by atoms with van der Waals surface area (Å²) in [6.07, 6.45) is 3.34. The average Bonchev–Trinajstić information content (AvgIpc) is 2.27. The number of benzene rings is 1. The van der Waals surface area contributed by atoms with Crippen molar-refractivity contribution in [1.29, 1.82) is 0 Å². The maximum absolute atomic E-state index is 9.16. The molecular weight excluding hydrogens is 193 g/mol. The fraction of sp³-hybridized carbons (Fsp3) is 0.100. The fourth-order valence-electron chi connectivity index (χ4n) is 1.59. The minimum atomic E-state index is -1.53. The van der Waals surface area contributed by atoms with Gasteiger partial charge >= 0.3 is 7.12 Å². The zero-order valence-corrected chi connectivity index (χ0v) is 8.21. The lowest BCUT2D eigenvalue weighted by Gasteiger charge is -2.10. The van der Waals surface area contributed by atoms with E-state index in [1.807, 2.05) is 0 Å². The summed E-state index contributed by atoms with van der Waals surface area (Å²) in [5, 5.41) is 20.0. The molecule has 0 atom stereocenters. The van der Waals surface area contributed by atoms with Gasteiger partial charge in [0.25, 0.3) is 0 Å². The molecule has 4 nitrogen and oxygen atoms in total. The van der Waals surface area contributed by atoms with Crippen molar-refractivity contribution in [1.82, 2.24) is 4.98 Å². The van der Waals surface area contributed by atoms with Gasteiger partial charge in [-0.1, -0.05) is 12.1 Å². The second-order valence-electron chi connectivity index (χ2n) is 3.16. The van der Waals surface area contributed by atoms with Crippen LogP contribution in [0.1, 0.15) is 0 Å². The quantitative estimate of drug-likeness (QED) is 0.670. The Morgan fingerprint density at radius 1 is 1.27 bits per heavy atom. The van der Waals surface area contributed by atoms with Crippen molar-refractivity contribution in [2.45, 2.75) is 0 Å². The highest BCUT2D eigenvalue weighted by Gasteiger charge is 2.18. The fourth-order valence-corrected chi connectivity index (χ4v) is 1.59. The molecular formula is C10H10BNO3. The molecule has 0 radical (unpaired) electrons. The van der Waals surface area contributed by atoms with E-state index >= 15 is 0 Å². The highest BCUT2D eigenvalue weighted by Crippen LogP contribution is 2.22. The number of pyridine rings is 1. The van der Waals surface area contributed by atoms with Gasteiger partial charge in [-0.05, 0) is 6.07 Å². The van der Waals surface area contributed by atoms with Crippen molar-refractivity contribution < 1.29 is 14.8 Å². The van der Waals surface area contributed by atoms with E-state index in [2.05, 4.69) is 4.98 Å². The van der Waals surface area contributed by atoms with Crippen molar-refractivity contribution in [3.05, 3.63) is 30.6 Å². The van der Waals surface area contributed by atoms with Crippen molar-refractivity contribution in [3.8, 4) is 5.75 Å². The van der Waals surface area contributed by atoms with E-state index in [0.717, 1.165) is 10.8 Å². The molecule has 1 heterocycles. The van der Waals surface area contributed by atoms with Crippen LogP contribution in [0.3, 0.4) is 0 Å². The number of rotatable bonds is 2. The number of ether oxygens (including phenoxy) is 1. The summed E-state index contributed by atoms with van der Waals surface area (Å²) in [5.74, 6) is 0.477. The first kappa shape index (κ1) is 9.95. The first-order valence-corrected chi connectivity index (χ1v) is 4.51. The summed E-state index contributed by atoms with van der Waals surface area (Å²) >= 11 is 0. The molecule has 0 fully saturated rings. The minimum absolute atomic E-state index is 0.358. The van der Waals surface area contributed by atoms with Gasteiger partial charge in [0.05, 0.1) is 7.11 Å². The number of nitrogens with zero attached hydrogens (tertiary/aromatic N) is 1. The van der Waals surface area contributed by atoms with E-state index in [1.54, 1.807) is 30.6 Å². The highest BCUT2D eigenvalue weighted by molar-refractivity contribution is 6.60. The van der Waals surface area contributed by atoms with Crippen LogP contribution in [-0.4, -0.2) is 29.3 Å². The summed E-state index contributed by atoms with van der Waals surface area (Å²) < 4.78 is 5.17. The minimum Gasteiger partial charge on any atom is -0.496 e. The van der Waals surface area contributed by atoms with Crippen LogP contribution in [0.15, 0.2) is 30.6 Å². The first-order valence-electron chi connectivity index (χ1n) is 4.51. The molecule has 1 aromatic heterocycles. The highest BCUT2D eigenvalue weighted by atomic mass is 16.5. The third kappa shape index (κ3) is 1.67. The Morgan fingerprint density at radius 2 is 2.07 bits per heavy atom. The number of hydrogen-bond donors (Lipinski definition) is 2. The molecule has 0 saturated carbocycles. The molecule has 2 rings (SSSR count).